The van der Waals surface area contributed by atoms with Crippen molar-refractivity contribution in [2.24, 2.45) is 11.7 Å². The molecule has 0 fully saturated rings. The number of amides is 2. The zero-order valence-electron chi connectivity index (χ0n) is 12.4. The third kappa shape index (κ3) is 5.79. The van der Waals surface area contributed by atoms with Crippen molar-refractivity contribution in [3.8, 4) is 0 Å². The molecule has 0 aliphatic heterocycles. The molecule has 5 nitrogen and oxygen atoms in total. The van der Waals surface area contributed by atoms with Gasteiger partial charge in [0.25, 0.3) is 5.91 Å². The van der Waals surface area contributed by atoms with Gasteiger partial charge in [-0.3, -0.25) is 9.59 Å². The summed E-state index contributed by atoms with van der Waals surface area (Å²) in [6.45, 7) is 6.49. The summed E-state index contributed by atoms with van der Waals surface area (Å²) in [7, 11) is 0. The largest absolute Gasteiger partial charge is 0.349 e. The van der Waals surface area contributed by atoms with Gasteiger partial charge in [0.15, 0.2) is 0 Å². The fourth-order valence-corrected chi connectivity index (χ4v) is 1.84. The van der Waals surface area contributed by atoms with Crippen LogP contribution < -0.4 is 16.4 Å². The third-order valence-corrected chi connectivity index (χ3v) is 3.22. The van der Waals surface area contributed by atoms with E-state index in [9.17, 15) is 9.59 Å². The van der Waals surface area contributed by atoms with Crippen molar-refractivity contribution in [1.29, 1.82) is 0 Å². The summed E-state index contributed by atoms with van der Waals surface area (Å²) >= 11 is 0. The van der Waals surface area contributed by atoms with Crippen LogP contribution in [0.1, 0.15) is 30.1 Å². The molecule has 0 saturated heterocycles. The molecular formula is C16H23N3O2. The quantitative estimate of drug-likeness (QED) is 0.639. The standard InChI is InChI=1S/C16H23N3O2/c1-3-9-18-16(21)13-5-7-14(8-6-13)19-15(20)10-12(4-2)11-17/h3,5-8,12H,1,4,9-11,17H2,2H3,(H,18,21)(H,19,20). The highest BCUT2D eigenvalue weighted by atomic mass is 16.2. The number of carbonyl (C=O) groups excluding carboxylic acids is 2. The van der Waals surface area contributed by atoms with Gasteiger partial charge in [-0.1, -0.05) is 19.4 Å². The van der Waals surface area contributed by atoms with Crippen LogP contribution in [0, 0.1) is 5.92 Å². The van der Waals surface area contributed by atoms with Crippen molar-refractivity contribution in [3.05, 3.63) is 42.5 Å². The van der Waals surface area contributed by atoms with Crippen molar-refractivity contribution < 1.29 is 9.59 Å². The summed E-state index contributed by atoms with van der Waals surface area (Å²) in [5.41, 5.74) is 6.80. The Balaban J connectivity index is 2.56. The molecule has 0 aliphatic rings. The van der Waals surface area contributed by atoms with Crippen LogP contribution in [0.2, 0.25) is 0 Å². The van der Waals surface area contributed by atoms with Crippen LogP contribution in [-0.4, -0.2) is 24.9 Å². The van der Waals surface area contributed by atoms with Crippen LogP contribution in [0.3, 0.4) is 0 Å². The van der Waals surface area contributed by atoms with Crippen molar-refractivity contribution in [2.45, 2.75) is 19.8 Å². The predicted octanol–water partition coefficient (Wildman–Crippen LogP) is 1.92. The number of carbonyl (C=O) groups is 2. The van der Waals surface area contributed by atoms with E-state index in [0.717, 1.165) is 6.42 Å². The minimum Gasteiger partial charge on any atom is -0.349 e. The summed E-state index contributed by atoms with van der Waals surface area (Å²) in [6, 6.07) is 6.77. The minimum atomic E-state index is -0.165. The van der Waals surface area contributed by atoms with E-state index in [-0.39, 0.29) is 17.7 Å². The Morgan fingerprint density at radius 3 is 2.52 bits per heavy atom. The molecule has 0 radical (unpaired) electrons. The number of nitrogens with one attached hydrogen (secondary N) is 2. The highest BCUT2D eigenvalue weighted by Crippen LogP contribution is 2.12. The molecule has 1 aromatic carbocycles. The van der Waals surface area contributed by atoms with Crippen LogP contribution >= 0.6 is 0 Å². The van der Waals surface area contributed by atoms with Crippen molar-refractivity contribution in [2.75, 3.05) is 18.4 Å². The normalized spacial score (nSPS) is 11.5. The molecule has 114 valence electrons. The maximum atomic E-state index is 11.8. The van der Waals surface area contributed by atoms with Gasteiger partial charge in [-0.25, -0.2) is 0 Å². The minimum absolute atomic E-state index is 0.0591. The van der Waals surface area contributed by atoms with E-state index in [1.54, 1.807) is 30.3 Å². The monoisotopic (exact) mass is 289 g/mol. The highest BCUT2D eigenvalue weighted by molar-refractivity contribution is 5.95. The molecule has 1 atom stereocenters. The molecule has 5 heteroatoms. The Morgan fingerprint density at radius 2 is 2.00 bits per heavy atom. The number of hydrogen-bond donors (Lipinski definition) is 3. The first-order valence-electron chi connectivity index (χ1n) is 7.09. The molecule has 0 spiro atoms. The Kier molecular flexibility index (Phi) is 7.18. The van der Waals surface area contributed by atoms with E-state index in [2.05, 4.69) is 17.2 Å². The molecule has 2 amide bonds. The van der Waals surface area contributed by atoms with Gasteiger partial charge in [0.1, 0.15) is 0 Å². The Labute approximate surface area is 125 Å². The third-order valence-electron chi connectivity index (χ3n) is 3.22. The second kappa shape index (κ2) is 8.92. The van der Waals surface area contributed by atoms with E-state index in [1.807, 2.05) is 6.92 Å². The van der Waals surface area contributed by atoms with Gasteiger partial charge in [0.05, 0.1) is 0 Å². The molecule has 1 aromatic rings. The molecule has 0 heterocycles. The number of hydrogen-bond acceptors (Lipinski definition) is 3. The fraction of sp³-hybridized carbons (Fsp3) is 0.375. The van der Waals surface area contributed by atoms with E-state index < -0.39 is 0 Å². The first kappa shape index (κ1) is 16.9. The van der Waals surface area contributed by atoms with Crippen molar-refractivity contribution >= 4 is 17.5 Å². The molecule has 1 unspecified atom stereocenters. The van der Waals surface area contributed by atoms with Gasteiger partial charge in [0.2, 0.25) is 5.91 Å². The topological polar surface area (TPSA) is 84.2 Å². The maximum absolute atomic E-state index is 11.8. The SMILES string of the molecule is C=CCNC(=O)c1ccc(NC(=O)CC(CC)CN)cc1. The summed E-state index contributed by atoms with van der Waals surface area (Å²) < 4.78 is 0. The molecule has 1 rings (SSSR count). The van der Waals surface area contributed by atoms with Crippen LogP contribution in [0.4, 0.5) is 5.69 Å². The number of anilines is 1. The summed E-state index contributed by atoms with van der Waals surface area (Å²) in [6.07, 6.45) is 2.91. The van der Waals surface area contributed by atoms with Crippen molar-refractivity contribution in [3.63, 3.8) is 0 Å². The average molecular weight is 289 g/mol. The van der Waals surface area contributed by atoms with E-state index >= 15 is 0 Å². The van der Waals surface area contributed by atoms with Gasteiger partial charge in [-0.15, -0.1) is 6.58 Å². The molecule has 21 heavy (non-hydrogen) atoms. The molecular weight excluding hydrogens is 266 g/mol. The summed E-state index contributed by atoms with van der Waals surface area (Å²) in [4.78, 5) is 23.5. The molecule has 4 N–H and O–H groups in total. The van der Waals surface area contributed by atoms with Crippen LogP contribution in [0.25, 0.3) is 0 Å². The zero-order chi connectivity index (χ0) is 15.7. The fourth-order valence-electron chi connectivity index (χ4n) is 1.84. The van der Waals surface area contributed by atoms with Crippen LogP contribution in [-0.2, 0) is 4.79 Å². The average Bonchev–Trinajstić information content (AvgIpc) is 2.50. The second-order valence-electron chi connectivity index (χ2n) is 4.84. The summed E-state index contributed by atoms with van der Waals surface area (Å²) in [5.74, 6) is -0.0212. The highest BCUT2D eigenvalue weighted by Gasteiger charge is 2.11. The van der Waals surface area contributed by atoms with Crippen LogP contribution in [0.15, 0.2) is 36.9 Å². The Hall–Kier alpha value is -2.14. The van der Waals surface area contributed by atoms with Crippen LogP contribution in [0.5, 0.6) is 0 Å². The first-order valence-corrected chi connectivity index (χ1v) is 7.09. The Morgan fingerprint density at radius 1 is 1.33 bits per heavy atom. The first-order chi connectivity index (χ1) is 10.1. The number of rotatable bonds is 8. The van der Waals surface area contributed by atoms with E-state index in [0.29, 0.717) is 30.8 Å². The lowest BCUT2D eigenvalue weighted by molar-refractivity contribution is -0.117. The molecule has 0 saturated carbocycles. The van der Waals surface area contributed by atoms with Crippen molar-refractivity contribution in [1.82, 2.24) is 5.32 Å². The van der Waals surface area contributed by atoms with Gasteiger partial charge in [0, 0.05) is 24.2 Å². The smallest absolute Gasteiger partial charge is 0.251 e. The van der Waals surface area contributed by atoms with E-state index in [4.69, 9.17) is 5.73 Å². The van der Waals surface area contributed by atoms with E-state index in [1.165, 1.54) is 0 Å². The molecule has 0 bridgehead atoms. The van der Waals surface area contributed by atoms with Gasteiger partial charge >= 0.3 is 0 Å². The predicted molar refractivity (Wildman–Crippen MR) is 85.1 cm³/mol. The lowest BCUT2D eigenvalue weighted by Gasteiger charge is -2.12. The Bertz CT molecular complexity index is 479. The molecule has 0 aliphatic carbocycles. The van der Waals surface area contributed by atoms with Gasteiger partial charge in [-0.2, -0.15) is 0 Å². The lowest BCUT2D eigenvalue weighted by Crippen LogP contribution is -2.23. The lowest BCUT2D eigenvalue weighted by atomic mass is 10.0. The van der Waals surface area contributed by atoms with Gasteiger partial charge < -0.3 is 16.4 Å². The zero-order valence-corrected chi connectivity index (χ0v) is 12.4. The number of benzene rings is 1. The molecule has 0 aromatic heterocycles. The maximum Gasteiger partial charge on any atom is 0.251 e. The number of nitrogens with two attached hydrogens (primary N) is 1. The second-order valence-corrected chi connectivity index (χ2v) is 4.84. The summed E-state index contributed by atoms with van der Waals surface area (Å²) in [5, 5.41) is 5.50. The van der Waals surface area contributed by atoms with Gasteiger partial charge in [-0.05, 0) is 36.7 Å².